The van der Waals surface area contributed by atoms with Crippen molar-refractivity contribution in [3.63, 3.8) is 0 Å². The fourth-order valence-corrected chi connectivity index (χ4v) is 1.83. The summed E-state index contributed by atoms with van der Waals surface area (Å²) in [4.78, 5) is 0. The molecule has 1 aliphatic carbocycles. The van der Waals surface area contributed by atoms with E-state index in [0.29, 0.717) is 0 Å². The van der Waals surface area contributed by atoms with Crippen LogP contribution in [0.2, 0.25) is 0 Å². The largest absolute Gasteiger partial charge is 0.0988 e. The van der Waals surface area contributed by atoms with Crippen molar-refractivity contribution in [3.05, 3.63) is 36.5 Å². The second-order valence-corrected chi connectivity index (χ2v) is 3.03. The van der Waals surface area contributed by atoms with E-state index in [9.17, 15) is 0 Å². The Bertz CT molecular complexity index is 196. The first-order valence-corrected chi connectivity index (χ1v) is 5.31. The number of allylic oxidation sites excluding steroid dienone is 4. The molecule has 1 aliphatic rings. The fourth-order valence-electron chi connectivity index (χ4n) is 1.83. The lowest BCUT2D eigenvalue weighted by Crippen LogP contribution is -1.93. The summed E-state index contributed by atoms with van der Waals surface area (Å²) in [6.45, 7) is 13.9. The molecule has 0 radical (unpaired) electrons. The average Bonchev–Trinajstić information content (AvgIpc) is 2.62. The average molecular weight is 178 g/mol. The summed E-state index contributed by atoms with van der Waals surface area (Å²) in [5.74, 6) is 0.750. The third kappa shape index (κ3) is 2.87. The maximum atomic E-state index is 3.83. The zero-order valence-corrected chi connectivity index (χ0v) is 9.27. The minimum absolute atomic E-state index is 0.750. The molecule has 0 N–H and O–H groups in total. The van der Waals surface area contributed by atoms with E-state index in [1.807, 2.05) is 26.0 Å². The third-order valence-corrected chi connectivity index (χ3v) is 2.53. The molecular weight excluding hydrogens is 156 g/mol. The molecule has 0 aliphatic heterocycles. The smallest absolute Gasteiger partial charge is 0.0159 e. The molecule has 1 rings (SSSR count). The molecule has 1 unspecified atom stereocenters. The fraction of sp³-hybridized carbons (Fsp3) is 0.538. The number of rotatable bonds is 3. The van der Waals surface area contributed by atoms with E-state index < -0.39 is 0 Å². The van der Waals surface area contributed by atoms with Gasteiger partial charge in [0.15, 0.2) is 0 Å². The minimum atomic E-state index is 0.750. The predicted molar refractivity (Wildman–Crippen MR) is 61.8 cm³/mol. The van der Waals surface area contributed by atoms with Gasteiger partial charge >= 0.3 is 0 Å². The molecule has 0 saturated carbocycles. The van der Waals surface area contributed by atoms with Gasteiger partial charge in [-0.1, -0.05) is 46.1 Å². The van der Waals surface area contributed by atoms with Crippen LogP contribution in [-0.4, -0.2) is 0 Å². The van der Waals surface area contributed by atoms with Crippen molar-refractivity contribution in [2.24, 2.45) is 5.92 Å². The first-order chi connectivity index (χ1) is 6.33. The highest BCUT2D eigenvalue weighted by atomic mass is 14.2. The van der Waals surface area contributed by atoms with Crippen molar-refractivity contribution in [3.8, 4) is 0 Å². The molecule has 0 amide bonds. The van der Waals surface area contributed by atoms with E-state index in [0.717, 1.165) is 5.92 Å². The monoisotopic (exact) mass is 178 g/mol. The van der Waals surface area contributed by atoms with Crippen molar-refractivity contribution in [2.45, 2.75) is 40.0 Å². The predicted octanol–water partition coefficient (Wildman–Crippen LogP) is 4.50. The van der Waals surface area contributed by atoms with E-state index in [2.05, 4.69) is 20.1 Å². The highest BCUT2D eigenvalue weighted by Gasteiger charge is 2.19. The lowest BCUT2D eigenvalue weighted by molar-refractivity contribution is 0.594. The summed E-state index contributed by atoms with van der Waals surface area (Å²) in [6.07, 6.45) is 7.70. The number of hydrogen-bond acceptors (Lipinski definition) is 0. The maximum Gasteiger partial charge on any atom is -0.0159 e. The second kappa shape index (κ2) is 6.71. The van der Waals surface area contributed by atoms with Crippen LogP contribution < -0.4 is 0 Å². The van der Waals surface area contributed by atoms with Crippen LogP contribution in [0.25, 0.3) is 0 Å². The molecule has 0 heterocycles. The Balaban J connectivity index is 0.000000671. The lowest BCUT2D eigenvalue weighted by atomic mass is 9.98. The summed E-state index contributed by atoms with van der Waals surface area (Å²) in [5, 5.41) is 0. The first-order valence-electron chi connectivity index (χ1n) is 5.31. The summed E-state index contributed by atoms with van der Waals surface area (Å²) in [7, 11) is 0. The topological polar surface area (TPSA) is 0 Å². The van der Waals surface area contributed by atoms with Gasteiger partial charge in [0, 0.05) is 0 Å². The van der Waals surface area contributed by atoms with Crippen LogP contribution in [0.4, 0.5) is 0 Å². The molecular formula is C13H22. The molecule has 0 fully saturated rings. The molecule has 0 heteroatoms. The summed E-state index contributed by atoms with van der Waals surface area (Å²) >= 11 is 0. The van der Waals surface area contributed by atoms with Gasteiger partial charge in [0.05, 0.1) is 0 Å². The SMILES string of the molecule is C=CC1=C(C=C)C(CC)CC1.CC. The van der Waals surface area contributed by atoms with Crippen LogP contribution in [0.1, 0.15) is 40.0 Å². The Labute approximate surface area is 83.0 Å². The van der Waals surface area contributed by atoms with Gasteiger partial charge in [-0.25, -0.2) is 0 Å². The van der Waals surface area contributed by atoms with Crippen molar-refractivity contribution < 1.29 is 0 Å². The summed E-state index contributed by atoms with van der Waals surface area (Å²) in [6, 6.07) is 0. The highest BCUT2D eigenvalue weighted by Crippen LogP contribution is 2.34. The van der Waals surface area contributed by atoms with E-state index in [1.54, 1.807) is 0 Å². The van der Waals surface area contributed by atoms with Crippen LogP contribution >= 0.6 is 0 Å². The summed E-state index contributed by atoms with van der Waals surface area (Å²) < 4.78 is 0. The van der Waals surface area contributed by atoms with Gasteiger partial charge in [0.1, 0.15) is 0 Å². The van der Waals surface area contributed by atoms with Crippen LogP contribution in [0.3, 0.4) is 0 Å². The molecule has 0 aromatic rings. The molecule has 1 atom stereocenters. The molecule has 13 heavy (non-hydrogen) atoms. The Kier molecular flexibility index (Phi) is 6.30. The van der Waals surface area contributed by atoms with Gasteiger partial charge in [0.25, 0.3) is 0 Å². The van der Waals surface area contributed by atoms with Gasteiger partial charge in [-0.3, -0.25) is 0 Å². The molecule has 0 aromatic carbocycles. The molecule has 0 aromatic heterocycles. The standard InChI is InChI=1S/C11H16.C2H6/c1-4-9-7-8-10(5-2)11(9)6-3;1-2/h4,6,10H,1,3,5,7-8H2,2H3;1-2H3. The quantitative estimate of drug-likeness (QED) is 0.597. The van der Waals surface area contributed by atoms with Crippen LogP contribution in [-0.2, 0) is 0 Å². The Morgan fingerprint density at radius 3 is 2.31 bits per heavy atom. The van der Waals surface area contributed by atoms with Crippen LogP contribution in [0, 0.1) is 5.92 Å². The third-order valence-electron chi connectivity index (χ3n) is 2.53. The molecule has 0 bridgehead atoms. The Morgan fingerprint density at radius 2 is 1.92 bits per heavy atom. The zero-order valence-electron chi connectivity index (χ0n) is 9.27. The molecule has 0 spiro atoms. The van der Waals surface area contributed by atoms with E-state index >= 15 is 0 Å². The van der Waals surface area contributed by atoms with Gasteiger partial charge in [-0.15, -0.1) is 0 Å². The van der Waals surface area contributed by atoms with Crippen LogP contribution in [0.15, 0.2) is 36.5 Å². The van der Waals surface area contributed by atoms with E-state index in [-0.39, 0.29) is 0 Å². The normalized spacial score (nSPS) is 20.7. The van der Waals surface area contributed by atoms with Gasteiger partial charge in [0.2, 0.25) is 0 Å². The van der Waals surface area contributed by atoms with Crippen molar-refractivity contribution >= 4 is 0 Å². The second-order valence-electron chi connectivity index (χ2n) is 3.03. The minimum Gasteiger partial charge on any atom is -0.0988 e. The van der Waals surface area contributed by atoms with E-state index in [1.165, 1.54) is 30.4 Å². The Hall–Kier alpha value is -0.780. The zero-order chi connectivity index (χ0) is 10.3. The molecule has 74 valence electrons. The van der Waals surface area contributed by atoms with Crippen molar-refractivity contribution in [1.82, 2.24) is 0 Å². The lowest BCUT2D eigenvalue weighted by Gasteiger charge is -2.07. The van der Waals surface area contributed by atoms with Crippen molar-refractivity contribution in [1.29, 1.82) is 0 Å². The van der Waals surface area contributed by atoms with E-state index in [4.69, 9.17) is 0 Å². The number of hydrogen-bond donors (Lipinski definition) is 0. The van der Waals surface area contributed by atoms with Crippen LogP contribution in [0.5, 0.6) is 0 Å². The Morgan fingerprint density at radius 1 is 1.31 bits per heavy atom. The van der Waals surface area contributed by atoms with Gasteiger partial charge in [-0.05, 0) is 36.3 Å². The summed E-state index contributed by atoms with van der Waals surface area (Å²) in [5.41, 5.74) is 2.84. The molecule has 0 saturated heterocycles. The van der Waals surface area contributed by atoms with Gasteiger partial charge in [-0.2, -0.15) is 0 Å². The highest BCUT2D eigenvalue weighted by molar-refractivity contribution is 5.36. The first kappa shape index (κ1) is 12.2. The van der Waals surface area contributed by atoms with Gasteiger partial charge < -0.3 is 0 Å². The van der Waals surface area contributed by atoms with Crippen molar-refractivity contribution in [2.75, 3.05) is 0 Å². The maximum absolute atomic E-state index is 3.83. The molecule has 0 nitrogen and oxygen atoms in total.